The largest absolute Gasteiger partial charge is 0.314 e. The summed E-state index contributed by atoms with van der Waals surface area (Å²) in [5.74, 6) is -0.270. The first-order valence-corrected chi connectivity index (χ1v) is 7.84. The van der Waals surface area contributed by atoms with Crippen molar-refractivity contribution < 1.29 is 4.39 Å². The Hall–Kier alpha value is -0.850. The maximum Gasteiger partial charge on any atom is 0.150 e. The summed E-state index contributed by atoms with van der Waals surface area (Å²) in [6, 6.07) is 5.70. The van der Waals surface area contributed by atoms with Crippen LogP contribution in [-0.2, 0) is 6.42 Å². The van der Waals surface area contributed by atoms with Crippen LogP contribution >= 0.6 is 27.3 Å². The molecule has 1 aromatic heterocycles. The minimum atomic E-state index is -0.270. The van der Waals surface area contributed by atoms with E-state index in [0.29, 0.717) is 16.6 Å². The normalized spacial score (nSPS) is 14.8. The average Bonchev–Trinajstić information content (AvgIpc) is 3.07. The molecule has 3 rings (SSSR count). The third-order valence-electron chi connectivity index (χ3n) is 2.98. The van der Waals surface area contributed by atoms with Gasteiger partial charge >= 0.3 is 0 Å². The SMILES string of the molecule is Fc1cc(Br)ccc1-c1nnc(CCNC2CC2)s1. The van der Waals surface area contributed by atoms with Gasteiger partial charge in [-0.2, -0.15) is 0 Å². The lowest BCUT2D eigenvalue weighted by molar-refractivity contribution is 0.630. The molecule has 2 aromatic rings. The van der Waals surface area contributed by atoms with Gasteiger partial charge in [-0.05, 0) is 31.0 Å². The van der Waals surface area contributed by atoms with Crippen LogP contribution < -0.4 is 5.32 Å². The first-order chi connectivity index (χ1) is 9.22. The van der Waals surface area contributed by atoms with E-state index in [-0.39, 0.29) is 5.82 Å². The van der Waals surface area contributed by atoms with Crippen molar-refractivity contribution in [3.8, 4) is 10.6 Å². The Morgan fingerprint density at radius 1 is 1.37 bits per heavy atom. The molecule has 0 unspecified atom stereocenters. The lowest BCUT2D eigenvalue weighted by Gasteiger charge is -1.99. The molecular formula is C13H13BrFN3S. The van der Waals surface area contributed by atoms with Crippen LogP contribution in [-0.4, -0.2) is 22.8 Å². The summed E-state index contributed by atoms with van der Waals surface area (Å²) < 4.78 is 14.5. The van der Waals surface area contributed by atoms with E-state index in [1.807, 2.05) is 6.07 Å². The minimum absolute atomic E-state index is 0.270. The van der Waals surface area contributed by atoms with Gasteiger partial charge in [0, 0.05) is 29.0 Å². The molecule has 0 aliphatic heterocycles. The molecule has 0 spiro atoms. The molecule has 0 radical (unpaired) electrons. The molecule has 6 heteroatoms. The summed E-state index contributed by atoms with van der Waals surface area (Å²) in [4.78, 5) is 0. The number of aromatic nitrogens is 2. The van der Waals surface area contributed by atoms with E-state index >= 15 is 0 Å². The van der Waals surface area contributed by atoms with Crippen molar-refractivity contribution in [3.63, 3.8) is 0 Å². The lowest BCUT2D eigenvalue weighted by Crippen LogP contribution is -2.19. The fourth-order valence-corrected chi connectivity index (χ4v) is 3.00. The maximum atomic E-state index is 13.8. The lowest BCUT2D eigenvalue weighted by atomic mass is 10.2. The number of nitrogens with one attached hydrogen (secondary N) is 1. The second kappa shape index (κ2) is 5.64. The van der Waals surface area contributed by atoms with Gasteiger partial charge in [0.15, 0.2) is 5.01 Å². The molecule has 1 N–H and O–H groups in total. The Morgan fingerprint density at radius 2 is 2.21 bits per heavy atom. The molecule has 1 aliphatic rings. The number of benzene rings is 1. The highest BCUT2D eigenvalue weighted by Gasteiger charge is 2.20. The van der Waals surface area contributed by atoms with Crippen LogP contribution in [0.5, 0.6) is 0 Å². The van der Waals surface area contributed by atoms with Gasteiger partial charge in [0.05, 0.1) is 0 Å². The van der Waals surface area contributed by atoms with Crippen molar-refractivity contribution in [3.05, 3.63) is 33.5 Å². The summed E-state index contributed by atoms with van der Waals surface area (Å²) in [6.45, 7) is 0.919. The predicted molar refractivity (Wildman–Crippen MR) is 77.7 cm³/mol. The molecule has 0 saturated heterocycles. The van der Waals surface area contributed by atoms with Gasteiger partial charge in [0.1, 0.15) is 10.8 Å². The Morgan fingerprint density at radius 3 is 2.95 bits per heavy atom. The number of hydrogen-bond donors (Lipinski definition) is 1. The molecule has 1 saturated carbocycles. The Kier molecular flexibility index (Phi) is 3.91. The topological polar surface area (TPSA) is 37.8 Å². The third kappa shape index (κ3) is 3.38. The van der Waals surface area contributed by atoms with E-state index in [2.05, 4.69) is 31.4 Å². The highest BCUT2D eigenvalue weighted by Crippen LogP contribution is 2.28. The molecule has 0 bridgehead atoms. The van der Waals surface area contributed by atoms with Crippen LogP contribution in [0.3, 0.4) is 0 Å². The van der Waals surface area contributed by atoms with Crippen LogP contribution in [0, 0.1) is 5.82 Å². The van der Waals surface area contributed by atoms with Crippen molar-refractivity contribution in [2.75, 3.05) is 6.54 Å². The summed E-state index contributed by atoms with van der Waals surface area (Å²) >= 11 is 4.71. The van der Waals surface area contributed by atoms with E-state index in [1.165, 1.54) is 30.2 Å². The Labute approximate surface area is 123 Å². The van der Waals surface area contributed by atoms with Gasteiger partial charge in [-0.3, -0.25) is 0 Å². The zero-order valence-corrected chi connectivity index (χ0v) is 12.6. The highest BCUT2D eigenvalue weighted by atomic mass is 79.9. The van der Waals surface area contributed by atoms with E-state index < -0.39 is 0 Å². The number of rotatable bonds is 5. The summed E-state index contributed by atoms with van der Waals surface area (Å²) in [5, 5.41) is 13.2. The summed E-state index contributed by atoms with van der Waals surface area (Å²) in [6.07, 6.45) is 3.42. The molecule has 1 aromatic carbocycles. The fourth-order valence-electron chi connectivity index (χ4n) is 1.80. The van der Waals surface area contributed by atoms with Gasteiger partial charge in [-0.15, -0.1) is 10.2 Å². The smallest absolute Gasteiger partial charge is 0.150 e. The molecule has 0 atom stereocenters. The van der Waals surface area contributed by atoms with E-state index in [9.17, 15) is 4.39 Å². The average molecular weight is 342 g/mol. The molecular weight excluding hydrogens is 329 g/mol. The molecule has 19 heavy (non-hydrogen) atoms. The standard InChI is InChI=1S/C13H13BrFN3S/c14-8-1-4-10(11(15)7-8)13-18-17-12(19-13)5-6-16-9-2-3-9/h1,4,7,9,16H,2-3,5-6H2. The molecule has 1 heterocycles. The monoisotopic (exact) mass is 341 g/mol. The first-order valence-electron chi connectivity index (χ1n) is 6.23. The minimum Gasteiger partial charge on any atom is -0.314 e. The second-order valence-corrected chi connectivity index (χ2v) is 6.58. The molecule has 0 amide bonds. The molecule has 100 valence electrons. The van der Waals surface area contributed by atoms with Gasteiger partial charge < -0.3 is 5.32 Å². The van der Waals surface area contributed by atoms with Crippen LogP contribution in [0.2, 0.25) is 0 Å². The summed E-state index contributed by atoms with van der Waals surface area (Å²) in [5.41, 5.74) is 0.516. The van der Waals surface area contributed by atoms with Crippen molar-refractivity contribution in [1.29, 1.82) is 0 Å². The quantitative estimate of drug-likeness (QED) is 0.905. The molecule has 3 nitrogen and oxygen atoms in total. The second-order valence-electron chi connectivity index (χ2n) is 4.60. The van der Waals surface area contributed by atoms with E-state index in [1.54, 1.807) is 6.07 Å². The van der Waals surface area contributed by atoms with Gasteiger partial charge in [0.25, 0.3) is 0 Å². The van der Waals surface area contributed by atoms with Crippen molar-refractivity contribution >= 4 is 27.3 Å². The van der Waals surface area contributed by atoms with Crippen LogP contribution in [0.15, 0.2) is 22.7 Å². The Balaban J connectivity index is 1.68. The van der Waals surface area contributed by atoms with Crippen molar-refractivity contribution in [1.82, 2.24) is 15.5 Å². The molecule has 1 aliphatic carbocycles. The number of halogens is 2. The van der Waals surface area contributed by atoms with Crippen LogP contribution in [0.25, 0.3) is 10.6 Å². The predicted octanol–water partition coefficient (Wildman–Crippen LogP) is 3.40. The van der Waals surface area contributed by atoms with Gasteiger partial charge in [-0.1, -0.05) is 27.3 Å². The van der Waals surface area contributed by atoms with Crippen molar-refractivity contribution in [2.45, 2.75) is 25.3 Å². The number of nitrogens with zero attached hydrogens (tertiary/aromatic N) is 2. The van der Waals surface area contributed by atoms with Crippen molar-refractivity contribution in [2.24, 2.45) is 0 Å². The molecule has 1 fully saturated rings. The van der Waals surface area contributed by atoms with E-state index in [4.69, 9.17) is 0 Å². The number of hydrogen-bond acceptors (Lipinski definition) is 4. The van der Waals surface area contributed by atoms with Gasteiger partial charge in [0.2, 0.25) is 0 Å². The highest BCUT2D eigenvalue weighted by molar-refractivity contribution is 9.10. The third-order valence-corrected chi connectivity index (χ3v) is 4.49. The van der Waals surface area contributed by atoms with Gasteiger partial charge in [-0.25, -0.2) is 4.39 Å². The zero-order valence-electron chi connectivity index (χ0n) is 10.2. The Bertz CT molecular complexity index is 583. The van der Waals surface area contributed by atoms with Crippen LogP contribution in [0.1, 0.15) is 17.8 Å². The van der Waals surface area contributed by atoms with E-state index in [0.717, 1.165) is 22.4 Å². The maximum absolute atomic E-state index is 13.8. The fraction of sp³-hybridized carbons (Fsp3) is 0.385. The first kappa shape index (κ1) is 13.1. The van der Waals surface area contributed by atoms with Crippen LogP contribution in [0.4, 0.5) is 4.39 Å². The summed E-state index contributed by atoms with van der Waals surface area (Å²) in [7, 11) is 0. The zero-order chi connectivity index (χ0) is 13.2.